The Hall–Kier alpha value is -1.30. The minimum atomic E-state index is -1.26. The lowest BCUT2D eigenvalue weighted by Gasteiger charge is -1.98. The van der Waals surface area contributed by atoms with Crippen LogP contribution in [0.2, 0.25) is 0 Å². The van der Waals surface area contributed by atoms with Crippen LogP contribution in [0.5, 0.6) is 0 Å². The number of aliphatic carboxylic acids is 1. The largest absolute Gasteiger partial charge is 0.477 e. The fraction of sp³-hybridized carbons (Fsp3) is 0.733. The van der Waals surface area contributed by atoms with Crippen molar-refractivity contribution in [3.8, 4) is 6.07 Å². The lowest BCUT2D eigenvalue weighted by atomic mass is 10.1. The normalized spacial score (nSPS) is 8.94. The molecule has 18 heavy (non-hydrogen) atoms. The standard InChI is InChI=1S/C11H24.C4H3NO2/c1-3-5-7-9-11-10-8-6-4-2;1-3(2-5)4(6)7/h3-11H2,1-2H3;1H2,(H,6,7). The van der Waals surface area contributed by atoms with E-state index in [0.29, 0.717) is 0 Å². The van der Waals surface area contributed by atoms with Gasteiger partial charge < -0.3 is 5.11 Å². The van der Waals surface area contributed by atoms with Crippen LogP contribution in [0.25, 0.3) is 0 Å². The van der Waals surface area contributed by atoms with Crippen molar-refractivity contribution in [2.24, 2.45) is 0 Å². The van der Waals surface area contributed by atoms with Crippen molar-refractivity contribution in [3.05, 3.63) is 12.2 Å². The summed E-state index contributed by atoms with van der Waals surface area (Å²) in [6.45, 7) is 7.46. The predicted octanol–water partition coefficient (Wildman–Crippen LogP) is 4.69. The first-order chi connectivity index (χ1) is 8.59. The van der Waals surface area contributed by atoms with Crippen LogP contribution in [0.1, 0.15) is 71.6 Å². The highest BCUT2D eigenvalue weighted by atomic mass is 16.4. The number of unbranched alkanes of at least 4 members (excludes halogenated alkanes) is 8. The Morgan fingerprint density at radius 2 is 1.33 bits per heavy atom. The van der Waals surface area contributed by atoms with Crippen LogP contribution in [0.4, 0.5) is 0 Å². The molecule has 0 saturated carbocycles. The number of carboxylic acid groups (broad SMARTS) is 1. The first-order valence-electron chi connectivity index (χ1n) is 6.92. The number of nitrogens with zero attached hydrogens (tertiary/aromatic N) is 1. The smallest absolute Gasteiger partial charge is 0.345 e. The van der Waals surface area contributed by atoms with Crippen LogP contribution >= 0.6 is 0 Å². The predicted molar refractivity (Wildman–Crippen MR) is 75.3 cm³/mol. The lowest BCUT2D eigenvalue weighted by Crippen LogP contribution is -1.94. The van der Waals surface area contributed by atoms with Gasteiger partial charge in [0.05, 0.1) is 0 Å². The zero-order valence-corrected chi connectivity index (χ0v) is 11.9. The topological polar surface area (TPSA) is 61.1 Å². The molecule has 1 N–H and O–H groups in total. The van der Waals surface area contributed by atoms with Crippen molar-refractivity contribution in [2.45, 2.75) is 71.6 Å². The van der Waals surface area contributed by atoms with E-state index in [1.807, 2.05) is 0 Å². The number of rotatable bonds is 9. The van der Waals surface area contributed by atoms with Crippen molar-refractivity contribution in [1.82, 2.24) is 0 Å². The molecule has 0 aliphatic carbocycles. The summed E-state index contributed by atoms with van der Waals surface area (Å²) in [5.41, 5.74) is -0.431. The van der Waals surface area contributed by atoms with Gasteiger partial charge in [-0.1, -0.05) is 78.2 Å². The molecule has 0 spiro atoms. The molecule has 0 aromatic carbocycles. The van der Waals surface area contributed by atoms with Crippen LogP contribution in [0.3, 0.4) is 0 Å². The van der Waals surface area contributed by atoms with Crippen LogP contribution in [0, 0.1) is 11.3 Å². The number of carbonyl (C=O) groups is 1. The molecule has 0 atom stereocenters. The molecule has 0 amide bonds. The van der Waals surface area contributed by atoms with Crippen LogP contribution in [-0.2, 0) is 4.79 Å². The summed E-state index contributed by atoms with van der Waals surface area (Å²) in [6.07, 6.45) is 13.0. The van der Waals surface area contributed by atoms with Crippen molar-refractivity contribution in [1.29, 1.82) is 5.26 Å². The molecule has 0 bridgehead atoms. The molecule has 0 aromatic rings. The van der Waals surface area contributed by atoms with Gasteiger partial charge in [0, 0.05) is 0 Å². The molecule has 0 heterocycles. The molecule has 0 aliphatic heterocycles. The number of carboxylic acids is 1. The van der Waals surface area contributed by atoms with Crippen LogP contribution < -0.4 is 0 Å². The summed E-state index contributed by atoms with van der Waals surface area (Å²) < 4.78 is 0. The van der Waals surface area contributed by atoms with E-state index in [1.165, 1.54) is 63.9 Å². The van der Waals surface area contributed by atoms with Crippen LogP contribution in [0.15, 0.2) is 12.2 Å². The Labute approximate surface area is 112 Å². The molecular weight excluding hydrogens is 226 g/mol. The van der Waals surface area contributed by atoms with Gasteiger partial charge in [0.15, 0.2) is 0 Å². The Morgan fingerprint density at radius 1 is 1.00 bits per heavy atom. The molecule has 0 aliphatic rings. The van der Waals surface area contributed by atoms with E-state index < -0.39 is 11.5 Å². The maximum absolute atomic E-state index is 9.61. The summed E-state index contributed by atoms with van der Waals surface area (Å²) >= 11 is 0. The molecule has 0 fully saturated rings. The molecule has 0 saturated heterocycles. The molecule has 3 heteroatoms. The second kappa shape index (κ2) is 15.7. The summed E-state index contributed by atoms with van der Waals surface area (Å²) in [7, 11) is 0. The van der Waals surface area contributed by atoms with Gasteiger partial charge in [-0.3, -0.25) is 0 Å². The van der Waals surface area contributed by atoms with Gasteiger partial charge in [-0.2, -0.15) is 5.26 Å². The highest BCUT2D eigenvalue weighted by Gasteiger charge is 1.97. The van der Waals surface area contributed by atoms with Gasteiger partial charge in [0.25, 0.3) is 0 Å². The Bertz CT molecular complexity index is 246. The van der Waals surface area contributed by atoms with Crippen molar-refractivity contribution in [3.63, 3.8) is 0 Å². The molecule has 3 nitrogen and oxygen atoms in total. The second-order valence-electron chi connectivity index (χ2n) is 4.37. The SMILES string of the molecule is C=C(C#N)C(=O)O.CCCCCCCCCCC. The van der Waals surface area contributed by atoms with Crippen molar-refractivity contribution < 1.29 is 9.90 Å². The van der Waals surface area contributed by atoms with Gasteiger partial charge in [0.1, 0.15) is 11.6 Å². The zero-order valence-electron chi connectivity index (χ0n) is 11.9. The van der Waals surface area contributed by atoms with E-state index in [9.17, 15) is 4.79 Å². The fourth-order valence-corrected chi connectivity index (χ4v) is 1.43. The summed E-state index contributed by atoms with van der Waals surface area (Å²) in [5.74, 6) is -1.26. The van der Waals surface area contributed by atoms with Crippen molar-refractivity contribution >= 4 is 5.97 Å². The minimum Gasteiger partial charge on any atom is -0.477 e. The van der Waals surface area contributed by atoms with E-state index >= 15 is 0 Å². The minimum absolute atomic E-state index is 0.431. The van der Waals surface area contributed by atoms with E-state index in [2.05, 4.69) is 20.4 Å². The third-order valence-electron chi connectivity index (χ3n) is 2.60. The number of nitriles is 1. The summed E-state index contributed by atoms with van der Waals surface area (Å²) in [4.78, 5) is 9.61. The van der Waals surface area contributed by atoms with E-state index in [4.69, 9.17) is 10.4 Å². The van der Waals surface area contributed by atoms with E-state index in [0.717, 1.165) is 0 Å². The lowest BCUT2D eigenvalue weighted by molar-refractivity contribution is -0.132. The van der Waals surface area contributed by atoms with Gasteiger partial charge in [-0.05, 0) is 0 Å². The Balaban J connectivity index is 0. The third kappa shape index (κ3) is 17.1. The van der Waals surface area contributed by atoms with Gasteiger partial charge in [-0.15, -0.1) is 0 Å². The molecule has 0 radical (unpaired) electrons. The fourth-order valence-electron chi connectivity index (χ4n) is 1.43. The third-order valence-corrected chi connectivity index (χ3v) is 2.60. The highest BCUT2D eigenvalue weighted by Crippen LogP contribution is 2.08. The summed E-state index contributed by atoms with van der Waals surface area (Å²) in [6, 6.07) is 1.37. The van der Waals surface area contributed by atoms with Gasteiger partial charge in [0.2, 0.25) is 0 Å². The molecular formula is C15H27NO2. The van der Waals surface area contributed by atoms with Crippen molar-refractivity contribution in [2.75, 3.05) is 0 Å². The second-order valence-corrected chi connectivity index (χ2v) is 4.37. The quantitative estimate of drug-likeness (QED) is 0.368. The molecule has 0 aromatic heterocycles. The highest BCUT2D eigenvalue weighted by molar-refractivity contribution is 5.90. The Kier molecular flexibility index (Phi) is 16.6. The first-order valence-corrected chi connectivity index (χ1v) is 6.92. The monoisotopic (exact) mass is 253 g/mol. The van der Waals surface area contributed by atoms with Gasteiger partial charge >= 0.3 is 5.97 Å². The number of hydrogen-bond donors (Lipinski definition) is 1. The molecule has 0 rings (SSSR count). The summed E-state index contributed by atoms with van der Waals surface area (Å²) in [5, 5.41) is 15.6. The zero-order chi connectivity index (χ0) is 14.2. The maximum atomic E-state index is 9.61. The number of hydrogen-bond acceptors (Lipinski definition) is 2. The maximum Gasteiger partial charge on any atom is 0.345 e. The van der Waals surface area contributed by atoms with Gasteiger partial charge in [-0.25, -0.2) is 4.79 Å². The van der Waals surface area contributed by atoms with Crippen LogP contribution in [-0.4, -0.2) is 11.1 Å². The van der Waals surface area contributed by atoms with E-state index in [-0.39, 0.29) is 0 Å². The average Bonchev–Trinajstić information content (AvgIpc) is 2.37. The molecule has 104 valence electrons. The Morgan fingerprint density at radius 3 is 1.50 bits per heavy atom. The van der Waals surface area contributed by atoms with E-state index in [1.54, 1.807) is 0 Å². The first kappa shape index (κ1) is 19.0. The average molecular weight is 253 g/mol. The molecule has 0 unspecified atom stereocenters.